The molecule has 0 aliphatic rings. The number of hydrogen-bond acceptors (Lipinski definition) is 2. The molecule has 0 unspecified atom stereocenters. The summed E-state index contributed by atoms with van der Waals surface area (Å²) in [5.74, 6) is 0.737. The van der Waals surface area contributed by atoms with Crippen molar-refractivity contribution in [2.45, 2.75) is 25.9 Å². The number of thiol groups is 1. The summed E-state index contributed by atoms with van der Waals surface area (Å²) in [4.78, 5) is 0. The van der Waals surface area contributed by atoms with E-state index in [-0.39, 0.29) is 5.82 Å². The van der Waals surface area contributed by atoms with Gasteiger partial charge in [-0.3, -0.25) is 0 Å². The molecule has 0 saturated heterocycles. The normalized spacial score (nSPS) is 10.5. The fourth-order valence-corrected chi connectivity index (χ4v) is 1.51. The smallest absolute Gasteiger partial charge is 0.128 e. The van der Waals surface area contributed by atoms with Crippen molar-refractivity contribution in [1.29, 1.82) is 0 Å². The maximum absolute atomic E-state index is 13.1. The zero-order valence-electron chi connectivity index (χ0n) is 8.79. The molecule has 0 saturated carbocycles. The average molecular weight is 228 g/mol. The number of halogens is 1. The van der Waals surface area contributed by atoms with E-state index < -0.39 is 0 Å². The third-order valence-electron chi connectivity index (χ3n) is 2.16. The summed E-state index contributed by atoms with van der Waals surface area (Å²) in [6.45, 7) is 1.07. The van der Waals surface area contributed by atoms with Gasteiger partial charge in [0.05, 0.1) is 6.61 Å². The molecule has 1 aromatic rings. The molecular formula is C12H17FOS. The summed E-state index contributed by atoms with van der Waals surface area (Å²) in [6.07, 6.45) is 3.27. The van der Waals surface area contributed by atoms with Gasteiger partial charge in [-0.05, 0) is 24.7 Å². The van der Waals surface area contributed by atoms with Gasteiger partial charge in [-0.25, -0.2) is 4.39 Å². The highest BCUT2D eigenvalue weighted by Gasteiger charge is 1.99. The SMILES string of the molecule is Fc1ccccc1COCCCCCS. The van der Waals surface area contributed by atoms with Crippen molar-refractivity contribution in [3.8, 4) is 0 Å². The second-order valence-electron chi connectivity index (χ2n) is 3.43. The van der Waals surface area contributed by atoms with Crippen molar-refractivity contribution in [3.05, 3.63) is 35.6 Å². The van der Waals surface area contributed by atoms with E-state index in [0.29, 0.717) is 18.8 Å². The quantitative estimate of drug-likeness (QED) is 0.555. The van der Waals surface area contributed by atoms with E-state index in [1.807, 2.05) is 6.07 Å². The van der Waals surface area contributed by atoms with Crippen molar-refractivity contribution >= 4 is 12.6 Å². The number of benzene rings is 1. The third kappa shape index (κ3) is 5.19. The topological polar surface area (TPSA) is 9.23 Å². The minimum Gasteiger partial charge on any atom is -0.377 e. The summed E-state index contributed by atoms with van der Waals surface area (Å²) >= 11 is 4.13. The standard InChI is InChI=1S/C12H17FOS/c13-12-7-3-2-6-11(12)10-14-8-4-1-5-9-15/h2-3,6-7,15H,1,4-5,8-10H2. The first-order chi connectivity index (χ1) is 7.34. The zero-order chi connectivity index (χ0) is 10.9. The van der Waals surface area contributed by atoms with Crippen molar-refractivity contribution in [3.63, 3.8) is 0 Å². The minimum absolute atomic E-state index is 0.187. The lowest BCUT2D eigenvalue weighted by Crippen LogP contribution is -1.97. The van der Waals surface area contributed by atoms with Crippen molar-refractivity contribution in [2.24, 2.45) is 0 Å². The number of ether oxygens (including phenoxy) is 1. The van der Waals surface area contributed by atoms with Crippen LogP contribution in [0.3, 0.4) is 0 Å². The zero-order valence-corrected chi connectivity index (χ0v) is 9.68. The number of rotatable bonds is 7. The van der Waals surface area contributed by atoms with Crippen LogP contribution in [0.25, 0.3) is 0 Å². The van der Waals surface area contributed by atoms with E-state index >= 15 is 0 Å². The van der Waals surface area contributed by atoms with Crippen LogP contribution in [-0.4, -0.2) is 12.4 Å². The highest BCUT2D eigenvalue weighted by Crippen LogP contribution is 2.08. The number of unbranched alkanes of at least 4 members (excludes halogenated alkanes) is 2. The molecule has 0 aliphatic heterocycles. The summed E-state index contributed by atoms with van der Waals surface area (Å²) in [6, 6.07) is 6.72. The Morgan fingerprint density at radius 1 is 1.13 bits per heavy atom. The predicted octanol–water partition coefficient (Wildman–Crippen LogP) is 3.44. The molecule has 1 aromatic carbocycles. The lowest BCUT2D eigenvalue weighted by molar-refractivity contribution is 0.115. The lowest BCUT2D eigenvalue weighted by Gasteiger charge is -2.04. The van der Waals surface area contributed by atoms with Crippen LogP contribution in [0.5, 0.6) is 0 Å². The molecule has 84 valence electrons. The van der Waals surface area contributed by atoms with E-state index in [9.17, 15) is 4.39 Å². The average Bonchev–Trinajstić information content (AvgIpc) is 2.25. The second-order valence-corrected chi connectivity index (χ2v) is 3.88. The van der Waals surface area contributed by atoms with Crippen molar-refractivity contribution in [2.75, 3.05) is 12.4 Å². The molecule has 1 rings (SSSR count). The van der Waals surface area contributed by atoms with E-state index in [1.165, 1.54) is 6.07 Å². The molecule has 0 heterocycles. The molecule has 0 aromatic heterocycles. The minimum atomic E-state index is -0.187. The van der Waals surface area contributed by atoms with Gasteiger partial charge in [0.25, 0.3) is 0 Å². The number of hydrogen-bond donors (Lipinski definition) is 1. The molecule has 0 spiro atoms. The highest BCUT2D eigenvalue weighted by atomic mass is 32.1. The van der Waals surface area contributed by atoms with Crippen LogP contribution in [0.1, 0.15) is 24.8 Å². The Hall–Kier alpha value is -0.540. The molecule has 3 heteroatoms. The Morgan fingerprint density at radius 3 is 2.67 bits per heavy atom. The summed E-state index contributed by atoms with van der Waals surface area (Å²) in [5.41, 5.74) is 0.631. The predicted molar refractivity (Wildman–Crippen MR) is 63.8 cm³/mol. The van der Waals surface area contributed by atoms with Crippen LogP contribution in [0, 0.1) is 5.82 Å². The summed E-state index contributed by atoms with van der Waals surface area (Å²) in [7, 11) is 0. The Balaban J connectivity index is 2.12. The van der Waals surface area contributed by atoms with Gasteiger partial charge in [-0.2, -0.15) is 12.6 Å². The monoisotopic (exact) mass is 228 g/mol. The highest BCUT2D eigenvalue weighted by molar-refractivity contribution is 7.80. The maximum atomic E-state index is 13.1. The van der Waals surface area contributed by atoms with Crippen LogP contribution in [0.2, 0.25) is 0 Å². The molecule has 0 N–H and O–H groups in total. The Labute approximate surface area is 96.1 Å². The third-order valence-corrected chi connectivity index (χ3v) is 2.48. The molecule has 0 bridgehead atoms. The lowest BCUT2D eigenvalue weighted by atomic mass is 10.2. The van der Waals surface area contributed by atoms with Gasteiger partial charge >= 0.3 is 0 Å². The van der Waals surface area contributed by atoms with Gasteiger partial charge in [0, 0.05) is 12.2 Å². The van der Waals surface area contributed by atoms with Crippen molar-refractivity contribution in [1.82, 2.24) is 0 Å². The molecule has 0 atom stereocenters. The first kappa shape index (κ1) is 12.5. The van der Waals surface area contributed by atoms with Crippen LogP contribution in [0.15, 0.2) is 24.3 Å². The molecule has 0 amide bonds. The molecular weight excluding hydrogens is 211 g/mol. The Morgan fingerprint density at radius 2 is 1.93 bits per heavy atom. The van der Waals surface area contributed by atoms with Gasteiger partial charge in [0.2, 0.25) is 0 Å². The van der Waals surface area contributed by atoms with Gasteiger partial charge in [-0.1, -0.05) is 24.6 Å². The van der Waals surface area contributed by atoms with Crippen molar-refractivity contribution < 1.29 is 9.13 Å². The van der Waals surface area contributed by atoms with Crippen LogP contribution in [-0.2, 0) is 11.3 Å². The van der Waals surface area contributed by atoms with Crippen LogP contribution < -0.4 is 0 Å². The van der Waals surface area contributed by atoms with E-state index in [0.717, 1.165) is 25.0 Å². The summed E-state index contributed by atoms with van der Waals surface area (Å²) in [5, 5.41) is 0. The van der Waals surface area contributed by atoms with Gasteiger partial charge in [-0.15, -0.1) is 0 Å². The van der Waals surface area contributed by atoms with Gasteiger partial charge in [0.15, 0.2) is 0 Å². The molecule has 15 heavy (non-hydrogen) atoms. The van der Waals surface area contributed by atoms with Gasteiger partial charge < -0.3 is 4.74 Å². The van der Waals surface area contributed by atoms with E-state index in [4.69, 9.17) is 4.74 Å². The van der Waals surface area contributed by atoms with Crippen LogP contribution >= 0.6 is 12.6 Å². The Kier molecular flexibility index (Phi) is 6.44. The molecule has 0 aliphatic carbocycles. The van der Waals surface area contributed by atoms with E-state index in [1.54, 1.807) is 12.1 Å². The Bertz CT molecular complexity index is 278. The van der Waals surface area contributed by atoms with Gasteiger partial charge in [0.1, 0.15) is 5.82 Å². The fourth-order valence-electron chi connectivity index (χ4n) is 1.29. The maximum Gasteiger partial charge on any atom is 0.128 e. The second kappa shape index (κ2) is 7.71. The fraction of sp³-hybridized carbons (Fsp3) is 0.500. The molecule has 1 nitrogen and oxygen atoms in total. The first-order valence-electron chi connectivity index (χ1n) is 5.26. The largest absolute Gasteiger partial charge is 0.377 e. The van der Waals surface area contributed by atoms with Crippen LogP contribution in [0.4, 0.5) is 4.39 Å². The molecule has 0 radical (unpaired) electrons. The molecule has 0 fully saturated rings. The van der Waals surface area contributed by atoms with E-state index in [2.05, 4.69) is 12.6 Å². The first-order valence-corrected chi connectivity index (χ1v) is 5.90. The summed E-state index contributed by atoms with van der Waals surface area (Å²) < 4.78 is 18.5.